The van der Waals surface area contributed by atoms with Gasteiger partial charge in [-0.25, -0.2) is 9.78 Å². The minimum atomic E-state index is -1.25. The number of carboxylic acids is 1. The van der Waals surface area contributed by atoms with Crippen LogP contribution in [0.1, 0.15) is 5.69 Å². The Balaban J connectivity index is 1.79. The van der Waals surface area contributed by atoms with Crippen molar-refractivity contribution in [3.8, 4) is 0 Å². The minimum Gasteiger partial charge on any atom is -0.477 e. The minimum absolute atomic E-state index is 0.0175. The maximum atomic E-state index is 12.8. The van der Waals surface area contributed by atoms with Gasteiger partial charge < -0.3 is 26.1 Å². The molecule has 1 aromatic heterocycles. The van der Waals surface area contributed by atoms with Gasteiger partial charge in [0.2, 0.25) is 0 Å². The molecule has 0 spiro atoms. The molecule has 2 aliphatic rings. The third-order valence-corrected chi connectivity index (χ3v) is 7.56. The van der Waals surface area contributed by atoms with Crippen molar-refractivity contribution in [3.05, 3.63) is 32.1 Å². The molecule has 0 bridgehead atoms. The molecular formula is C16H16ClN5O6S3. The van der Waals surface area contributed by atoms with E-state index in [-0.39, 0.29) is 33.2 Å². The lowest BCUT2D eigenvalue weighted by Crippen LogP contribution is -2.71. The highest BCUT2D eigenvalue weighted by atomic mass is 35.5. The number of anilines is 1. The van der Waals surface area contributed by atoms with Crippen molar-refractivity contribution in [3.63, 3.8) is 0 Å². The molecule has 1 fully saturated rings. The molecule has 0 radical (unpaired) electrons. The van der Waals surface area contributed by atoms with Crippen LogP contribution < -0.4 is 11.1 Å². The molecule has 3 rings (SSSR count). The Morgan fingerprint density at radius 2 is 2.29 bits per heavy atom. The van der Waals surface area contributed by atoms with Crippen LogP contribution >= 0.6 is 46.5 Å². The Morgan fingerprint density at radius 3 is 2.87 bits per heavy atom. The number of nitrogens with two attached hydrogens (primary N) is 1. The summed E-state index contributed by atoms with van der Waals surface area (Å²) in [5, 5.41) is 25.7. The predicted octanol–water partition coefficient (Wildman–Crippen LogP) is 0.665. The number of aromatic nitrogens is 1. The van der Waals surface area contributed by atoms with Crippen LogP contribution in [0.25, 0.3) is 0 Å². The topological polar surface area (TPSA) is 167 Å². The van der Waals surface area contributed by atoms with Crippen LogP contribution in [0.15, 0.2) is 27.2 Å². The third-order valence-electron chi connectivity index (χ3n) is 4.06. The maximum Gasteiger partial charge on any atom is 0.353 e. The van der Waals surface area contributed by atoms with E-state index in [2.05, 4.69) is 15.5 Å². The first-order chi connectivity index (χ1) is 14.8. The van der Waals surface area contributed by atoms with Crippen molar-refractivity contribution >= 4 is 75.1 Å². The lowest BCUT2D eigenvalue weighted by molar-refractivity contribution is -0.150. The SMILES string of the molecule is CO/N=C(\C(=O)NC1C(=O)N2C(C(=O)O)=C(S/C=C\CO)CS[C@H]12)c1nc(N)sc1Cl. The molecule has 1 saturated heterocycles. The Kier molecular flexibility index (Phi) is 7.48. The van der Waals surface area contributed by atoms with Gasteiger partial charge in [0.25, 0.3) is 11.8 Å². The zero-order chi connectivity index (χ0) is 22.7. The zero-order valence-electron chi connectivity index (χ0n) is 15.8. The molecule has 166 valence electrons. The number of thiazole rings is 1. The number of aliphatic carboxylic acids is 1. The summed E-state index contributed by atoms with van der Waals surface area (Å²) in [6.07, 6.45) is 1.46. The second-order valence-electron chi connectivity index (χ2n) is 5.91. The Bertz CT molecular complexity index is 1010. The lowest BCUT2D eigenvalue weighted by atomic mass is 10.0. The number of nitrogens with one attached hydrogen (secondary N) is 1. The van der Waals surface area contributed by atoms with Gasteiger partial charge in [0.1, 0.15) is 34.3 Å². The van der Waals surface area contributed by atoms with E-state index in [0.717, 1.165) is 28.0 Å². The number of carbonyl (C=O) groups is 3. The summed E-state index contributed by atoms with van der Waals surface area (Å²) in [7, 11) is 1.23. The molecule has 0 aromatic carbocycles. The highest BCUT2D eigenvalue weighted by Crippen LogP contribution is 2.43. The van der Waals surface area contributed by atoms with E-state index in [0.29, 0.717) is 10.7 Å². The number of oxime groups is 1. The molecule has 2 amide bonds. The van der Waals surface area contributed by atoms with E-state index in [1.807, 2.05) is 0 Å². The van der Waals surface area contributed by atoms with E-state index < -0.39 is 29.2 Å². The summed E-state index contributed by atoms with van der Waals surface area (Å²) in [6, 6.07) is -0.969. The molecule has 1 aromatic rings. The molecule has 11 nitrogen and oxygen atoms in total. The fourth-order valence-corrected chi connectivity index (χ4v) is 6.05. The fourth-order valence-electron chi connectivity index (χ4n) is 2.81. The largest absolute Gasteiger partial charge is 0.477 e. The van der Waals surface area contributed by atoms with E-state index >= 15 is 0 Å². The van der Waals surface area contributed by atoms with Crippen molar-refractivity contribution in [2.45, 2.75) is 11.4 Å². The first-order valence-electron chi connectivity index (χ1n) is 8.48. The molecule has 31 heavy (non-hydrogen) atoms. The fraction of sp³-hybridized carbons (Fsp3) is 0.312. The summed E-state index contributed by atoms with van der Waals surface area (Å²) in [5.41, 5.74) is 5.23. The van der Waals surface area contributed by atoms with Crippen LogP contribution in [0.4, 0.5) is 5.13 Å². The average molecular weight is 506 g/mol. The van der Waals surface area contributed by atoms with Crippen LogP contribution in [0, 0.1) is 0 Å². The third kappa shape index (κ3) is 4.67. The molecular weight excluding hydrogens is 490 g/mol. The van der Waals surface area contributed by atoms with Crippen molar-refractivity contribution in [1.82, 2.24) is 15.2 Å². The summed E-state index contributed by atoms with van der Waals surface area (Å²) in [5.74, 6) is -2.28. The standard InChI is InChI=1S/C16H16ClN5O6S3/c1-28-21-8(7-11(17)31-16(18)20-7)12(24)19-9-13(25)22-10(15(26)27)6(5-30-14(9)22)29-4-2-3-23/h2,4,9,14,23H,3,5H2,1H3,(H2,18,20)(H,19,24)(H,26,27)/b4-2-,21-8-/t9?,14-/m1/s1. The second kappa shape index (κ2) is 9.91. The van der Waals surface area contributed by atoms with Gasteiger partial charge in [0.15, 0.2) is 10.8 Å². The molecule has 5 N–H and O–H groups in total. The molecule has 1 unspecified atom stereocenters. The predicted molar refractivity (Wildman–Crippen MR) is 119 cm³/mol. The van der Waals surface area contributed by atoms with Crippen molar-refractivity contribution in [2.75, 3.05) is 25.2 Å². The quantitative estimate of drug-likeness (QED) is 0.224. The highest BCUT2D eigenvalue weighted by molar-refractivity contribution is 8.08. The van der Waals surface area contributed by atoms with Crippen molar-refractivity contribution < 1.29 is 29.4 Å². The highest BCUT2D eigenvalue weighted by Gasteiger charge is 2.54. The summed E-state index contributed by atoms with van der Waals surface area (Å²) >= 11 is 9.42. The molecule has 0 aliphatic carbocycles. The number of carboxylic acid groups (broad SMARTS) is 1. The van der Waals surface area contributed by atoms with Crippen molar-refractivity contribution in [1.29, 1.82) is 0 Å². The number of nitrogens with zero attached hydrogens (tertiary/aromatic N) is 3. The molecule has 15 heteroatoms. The van der Waals surface area contributed by atoms with Gasteiger partial charge in [-0.15, -0.1) is 11.8 Å². The van der Waals surface area contributed by atoms with Gasteiger partial charge in [-0.3, -0.25) is 14.5 Å². The average Bonchev–Trinajstić information content (AvgIpc) is 3.06. The zero-order valence-corrected chi connectivity index (χ0v) is 19.0. The normalized spacial score (nSPS) is 21.2. The summed E-state index contributed by atoms with van der Waals surface area (Å²) in [4.78, 5) is 47.5. The number of thioether (sulfide) groups is 2. The number of nitrogen functional groups attached to an aromatic ring is 1. The number of hydrogen-bond acceptors (Lipinski definition) is 11. The number of aliphatic hydroxyl groups excluding tert-OH is 1. The number of fused-ring (bicyclic) bond motifs is 1. The Morgan fingerprint density at radius 1 is 1.55 bits per heavy atom. The maximum absolute atomic E-state index is 12.8. The van der Waals surface area contributed by atoms with Crippen molar-refractivity contribution in [2.24, 2.45) is 5.16 Å². The first kappa shape index (κ1) is 23.4. The van der Waals surface area contributed by atoms with E-state index in [9.17, 15) is 19.5 Å². The molecule has 2 atom stereocenters. The number of amides is 2. The van der Waals surface area contributed by atoms with Gasteiger partial charge in [0, 0.05) is 10.7 Å². The monoisotopic (exact) mass is 505 g/mol. The van der Waals surface area contributed by atoms with Gasteiger partial charge in [-0.1, -0.05) is 45.9 Å². The number of β-lactam (4-membered cyclic amide) rings is 1. The number of carbonyl (C=O) groups excluding carboxylic acids is 2. The van der Waals surface area contributed by atoms with Gasteiger partial charge >= 0.3 is 5.97 Å². The van der Waals surface area contributed by atoms with Crippen LogP contribution in [-0.4, -0.2) is 74.5 Å². The van der Waals surface area contributed by atoms with Gasteiger partial charge in [-0.05, 0) is 5.41 Å². The molecule has 3 heterocycles. The summed E-state index contributed by atoms with van der Waals surface area (Å²) < 4.78 is 0.130. The van der Waals surface area contributed by atoms with E-state index in [4.69, 9.17) is 27.3 Å². The van der Waals surface area contributed by atoms with Gasteiger partial charge in [-0.2, -0.15) is 0 Å². The first-order valence-corrected chi connectivity index (χ1v) is 11.6. The van der Waals surface area contributed by atoms with Crippen LogP contribution in [0.5, 0.6) is 0 Å². The van der Waals surface area contributed by atoms with Crippen LogP contribution in [0.3, 0.4) is 0 Å². The summed E-state index contributed by atoms with van der Waals surface area (Å²) in [6.45, 7) is -0.185. The Hall–Kier alpha value is -2.26. The second-order valence-corrected chi connectivity index (χ2v) is 9.65. The lowest BCUT2D eigenvalue weighted by Gasteiger charge is -2.49. The molecule has 0 saturated carbocycles. The Labute approximate surface area is 193 Å². The van der Waals surface area contributed by atoms with E-state index in [1.165, 1.54) is 24.9 Å². The van der Waals surface area contributed by atoms with Crippen LogP contribution in [0.2, 0.25) is 4.34 Å². The number of hydrogen-bond donors (Lipinski definition) is 4. The van der Waals surface area contributed by atoms with Crippen LogP contribution in [-0.2, 0) is 19.2 Å². The van der Waals surface area contributed by atoms with E-state index in [1.54, 1.807) is 5.41 Å². The number of aliphatic hydroxyl groups is 1. The number of halogens is 1. The number of rotatable bonds is 8. The van der Waals surface area contributed by atoms with Gasteiger partial charge in [0.05, 0.1) is 6.61 Å². The molecule has 2 aliphatic heterocycles. The smallest absolute Gasteiger partial charge is 0.353 e.